The molecule has 3 unspecified atom stereocenters. The second kappa shape index (κ2) is 6.02. The SMILES string of the molecule is CCCC1(C(=O)NC2CCC(OC)C2)CCCN1. The molecule has 0 aromatic carbocycles. The Balaban J connectivity index is 1.90. The molecule has 3 atom stereocenters. The molecule has 0 aromatic heterocycles. The van der Waals surface area contributed by atoms with E-state index in [1.807, 2.05) is 0 Å². The molecule has 0 aromatic rings. The van der Waals surface area contributed by atoms with Crippen molar-refractivity contribution < 1.29 is 9.53 Å². The van der Waals surface area contributed by atoms with Crippen LogP contribution in [0.5, 0.6) is 0 Å². The smallest absolute Gasteiger partial charge is 0.240 e. The number of rotatable bonds is 5. The van der Waals surface area contributed by atoms with Crippen molar-refractivity contribution in [1.82, 2.24) is 10.6 Å². The molecule has 0 spiro atoms. The van der Waals surface area contributed by atoms with E-state index in [2.05, 4.69) is 17.6 Å². The summed E-state index contributed by atoms with van der Waals surface area (Å²) in [5.41, 5.74) is -0.292. The van der Waals surface area contributed by atoms with Crippen molar-refractivity contribution in [2.24, 2.45) is 0 Å². The Morgan fingerprint density at radius 3 is 2.89 bits per heavy atom. The molecule has 1 aliphatic carbocycles. The zero-order valence-corrected chi connectivity index (χ0v) is 11.6. The summed E-state index contributed by atoms with van der Waals surface area (Å²) < 4.78 is 5.35. The number of carbonyl (C=O) groups excluding carboxylic acids is 1. The van der Waals surface area contributed by atoms with Gasteiger partial charge in [-0.3, -0.25) is 4.79 Å². The Morgan fingerprint density at radius 1 is 1.50 bits per heavy atom. The molecule has 1 aliphatic heterocycles. The first kappa shape index (κ1) is 13.8. The molecule has 1 amide bonds. The lowest BCUT2D eigenvalue weighted by Crippen LogP contribution is -2.55. The van der Waals surface area contributed by atoms with Crippen LogP contribution in [0, 0.1) is 0 Å². The molecule has 1 saturated carbocycles. The van der Waals surface area contributed by atoms with E-state index < -0.39 is 0 Å². The van der Waals surface area contributed by atoms with Gasteiger partial charge in [-0.25, -0.2) is 0 Å². The number of methoxy groups -OCH3 is 1. The second-order valence-electron chi connectivity index (χ2n) is 5.70. The number of carbonyl (C=O) groups is 1. The van der Waals surface area contributed by atoms with Gasteiger partial charge in [0.1, 0.15) is 0 Å². The average Bonchev–Trinajstić information content (AvgIpc) is 2.99. The molecule has 1 heterocycles. The monoisotopic (exact) mass is 254 g/mol. The lowest BCUT2D eigenvalue weighted by Gasteiger charge is -2.29. The third kappa shape index (κ3) is 2.86. The molecular formula is C14H26N2O2. The molecule has 0 radical (unpaired) electrons. The normalized spacial score (nSPS) is 35.9. The van der Waals surface area contributed by atoms with Gasteiger partial charge in [-0.1, -0.05) is 13.3 Å². The van der Waals surface area contributed by atoms with Crippen LogP contribution in [0.2, 0.25) is 0 Å². The number of hydrogen-bond acceptors (Lipinski definition) is 3. The van der Waals surface area contributed by atoms with Gasteiger partial charge in [0.25, 0.3) is 0 Å². The molecule has 104 valence electrons. The largest absolute Gasteiger partial charge is 0.381 e. The fourth-order valence-corrected chi connectivity index (χ4v) is 3.36. The number of hydrogen-bond donors (Lipinski definition) is 2. The van der Waals surface area contributed by atoms with Gasteiger partial charge in [-0.05, 0) is 45.1 Å². The van der Waals surface area contributed by atoms with Crippen LogP contribution < -0.4 is 10.6 Å². The average molecular weight is 254 g/mol. The van der Waals surface area contributed by atoms with Crippen molar-refractivity contribution in [3.8, 4) is 0 Å². The first-order valence-corrected chi connectivity index (χ1v) is 7.29. The summed E-state index contributed by atoms with van der Waals surface area (Å²) in [6, 6.07) is 0.304. The predicted molar refractivity (Wildman–Crippen MR) is 71.5 cm³/mol. The van der Waals surface area contributed by atoms with Crippen molar-refractivity contribution in [2.75, 3.05) is 13.7 Å². The maximum atomic E-state index is 12.5. The van der Waals surface area contributed by atoms with Crippen molar-refractivity contribution in [1.29, 1.82) is 0 Å². The molecule has 4 nitrogen and oxygen atoms in total. The van der Waals surface area contributed by atoms with E-state index in [0.717, 1.165) is 51.5 Å². The molecule has 4 heteroatoms. The zero-order chi connectivity index (χ0) is 13.0. The van der Waals surface area contributed by atoms with Crippen LogP contribution in [-0.4, -0.2) is 37.2 Å². The number of nitrogens with one attached hydrogen (secondary N) is 2. The van der Waals surface area contributed by atoms with Crippen molar-refractivity contribution >= 4 is 5.91 Å². The lowest BCUT2D eigenvalue weighted by molar-refractivity contribution is -0.128. The highest BCUT2D eigenvalue weighted by Gasteiger charge is 2.41. The van der Waals surface area contributed by atoms with Crippen molar-refractivity contribution in [3.05, 3.63) is 0 Å². The number of amides is 1. The van der Waals surface area contributed by atoms with E-state index in [1.165, 1.54) is 0 Å². The van der Waals surface area contributed by atoms with Crippen LogP contribution in [0.25, 0.3) is 0 Å². The summed E-state index contributed by atoms with van der Waals surface area (Å²) in [6.07, 6.45) is 7.48. The summed E-state index contributed by atoms with van der Waals surface area (Å²) in [5.74, 6) is 0.212. The van der Waals surface area contributed by atoms with E-state index >= 15 is 0 Å². The summed E-state index contributed by atoms with van der Waals surface area (Å²) >= 11 is 0. The maximum absolute atomic E-state index is 12.5. The van der Waals surface area contributed by atoms with Crippen LogP contribution in [0.4, 0.5) is 0 Å². The Hall–Kier alpha value is -0.610. The van der Waals surface area contributed by atoms with Gasteiger partial charge >= 0.3 is 0 Å². The minimum absolute atomic E-state index is 0.212. The van der Waals surface area contributed by atoms with Gasteiger partial charge < -0.3 is 15.4 Å². The highest BCUT2D eigenvalue weighted by atomic mass is 16.5. The zero-order valence-electron chi connectivity index (χ0n) is 11.6. The van der Waals surface area contributed by atoms with Crippen LogP contribution in [0.1, 0.15) is 51.9 Å². The molecule has 0 bridgehead atoms. The molecule has 18 heavy (non-hydrogen) atoms. The first-order valence-electron chi connectivity index (χ1n) is 7.29. The minimum atomic E-state index is -0.292. The molecule has 2 N–H and O–H groups in total. The fourth-order valence-electron chi connectivity index (χ4n) is 3.36. The van der Waals surface area contributed by atoms with Crippen LogP contribution >= 0.6 is 0 Å². The third-order valence-corrected chi connectivity index (χ3v) is 4.41. The van der Waals surface area contributed by atoms with Crippen LogP contribution in [0.3, 0.4) is 0 Å². The van der Waals surface area contributed by atoms with Gasteiger partial charge in [0.15, 0.2) is 0 Å². The summed E-state index contributed by atoms with van der Waals surface area (Å²) in [5, 5.41) is 6.66. The van der Waals surface area contributed by atoms with E-state index in [4.69, 9.17) is 4.74 Å². The highest BCUT2D eigenvalue weighted by molar-refractivity contribution is 5.87. The van der Waals surface area contributed by atoms with Crippen LogP contribution in [0.15, 0.2) is 0 Å². The lowest BCUT2D eigenvalue weighted by atomic mass is 9.90. The second-order valence-corrected chi connectivity index (χ2v) is 5.70. The molecule has 2 aliphatic rings. The molecule has 2 fully saturated rings. The van der Waals surface area contributed by atoms with Crippen molar-refractivity contribution in [3.63, 3.8) is 0 Å². The van der Waals surface area contributed by atoms with Gasteiger partial charge in [0.2, 0.25) is 5.91 Å². The van der Waals surface area contributed by atoms with Gasteiger partial charge in [-0.2, -0.15) is 0 Å². The van der Waals surface area contributed by atoms with Gasteiger partial charge in [0, 0.05) is 13.2 Å². The van der Waals surface area contributed by atoms with E-state index in [1.54, 1.807) is 7.11 Å². The van der Waals surface area contributed by atoms with Gasteiger partial charge in [-0.15, -0.1) is 0 Å². The fraction of sp³-hybridized carbons (Fsp3) is 0.929. The minimum Gasteiger partial charge on any atom is -0.381 e. The topological polar surface area (TPSA) is 50.4 Å². The van der Waals surface area contributed by atoms with E-state index in [0.29, 0.717) is 12.1 Å². The van der Waals surface area contributed by atoms with Gasteiger partial charge in [0.05, 0.1) is 11.6 Å². The van der Waals surface area contributed by atoms with Crippen LogP contribution in [-0.2, 0) is 9.53 Å². The Kier molecular flexibility index (Phi) is 4.62. The summed E-state index contributed by atoms with van der Waals surface area (Å²) in [4.78, 5) is 12.5. The standard InChI is InChI=1S/C14H26N2O2/c1-3-7-14(8-4-9-15-14)13(17)16-11-5-6-12(10-11)18-2/h11-12,15H,3-10H2,1-2H3,(H,16,17). The Morgan fingerprint density at radius 2 is 2.33 bits per heavy atom. The first-order chi connectivity index (χ1) is 8.70. The molecule has 2 rings (SSSR count). The van der Waals surface area contributed by atoms with E-state index in [-0.39, 0.29) is 11.4 Å². The maximum Gasteiger partial charge on any atom is 0.240 e. The third-order valence-electron chi connectivity index (χ3n) is 4.41. The highest BCUT2D eigenvalue weighted by Crippen LogP contribution is 2.27. The quantitative estimate of drug-likeness (QED) is 0.783. The van der Waals surface area contributed by atoms with Crippen molar-refractivity contribution in [2.45, 2.75) is 69.6 Å². The number of ether oxygens (including phenoxy) is 1. The molecular weight excluding hydrogens is 228 g/mol. The Labute approximate surface area is 110 Å². The van der Waals surface area contributed by atoms with E-state index in [9.17, 15) is 4.79 Å². The summed E-state index contributed by atoms with van der Waals surface area (Å²) in [6.45, 7) is 3.12. The predicted octanol–water partition coefficient (Wildman–Crippen LogP) is 1.59. The summed E-state index contributed by atoms with van der Waals surface area (Å²) in [7, 11) is 1.76. The Bertz CT molecular complexity index is 288. The molecule has 1 saturated heterocycles.